The molecule has 0 aromatic carbocycles. The highest BCUT2D eigenvalue weighted by atomic mass is 16.5. The Balaban J connectivity index is 2.17. The lowest BCUT2D eigenvalue weighted by atomic mass is 10.0. The first kappa shape index (κ1) is 8.53. The van der Waals surface area contributed by atoms with Gasteiger partial charge in [0, 0.05) is 26.2 Å². The lowest BCUT2D eigenvalue weighted by molar-refractivity contribution is -0.123. The van der Waals surface area contributed by atoms with Gasteiger partial charge in [0.15, 0.2) is 0 Å². The van der Waals surface area contributed by atoms with Crippen molar-refractivity contribution in [2.75, 3.05) is 13.7 Å². The van der Waals surface area contributed by atoms with E-state index in [1.165, 1.54) is 0 Å². The number of carbonyl (C=O) groups is 1. The molecule has 3 heteroatoms. The third kappa shape index (κ3) is 2.89. The highest BCUT2D eigenvalue weighted by Crippen LogP contribution is 2.10. The van der Waals surface area contributed by atoms with E-state index in [0.717, 1.165) is 25.9 Å². The first-order chi connectivity index (χ1) is 5.33. The van der Waals surface area contributed by atoms with Crippen molar-refractivity contribution in [3.8, 4) is 0 Å². The van der Waals surface area contributed by atoms with E-state index in [1.807, 2.05) is 0 Å². The van der Waals surface area contributed by atoms with Crippen LogP contribution in [0.5, 0.6) is 0 Å². The molecule has 0 aliphatic carbocycles. The Morgan fingerprint density at radius 1 is 1.73 bits per heavy atom. The average molecular weight is 157 g/mol. The quantitative estimate of drug-likeness (QED) is 0.654. The van der Waals surface area contributed by atoms with Crippen LogP contribution in [-0.4, -0.2) is 25.7 Å². The monoisotopic (exact) mass is 157 g/mol. The fraction of sp³-hybridized carbons (Fsp3) is 0.875. The summed E-state index contributed by atoms with van der Waals surface area (Å²) in [4.78, 5) is 10.9. The summed E-state index contributed by atoms with van der Waals surface area (Å²) in [6.07, 6.45) is 3.78. The summed E-state index contributed by atoms with van der Waals surface area (Å²) in [6, 6.07) is 0.358. The second-order valence-electron chi connectivity index (χ2n) is 2.94. The molecule has 1 rings (SSSR count). The second-order valence-corrected chi connectivity index (χ2v) is 2.94. The standard InChI is InChI=1S/C8H15NO2/c1-11-6-5-7-3-2-4-8(10)9-7/h7H,2-6H2,1H3,(H,9,10). The highest BCUT2D eigenvalue weighted by Gasteiger charge is 2.16. The van der Waals surface area contributed by atoms with Crippen molar-refractivity contribution in [3.63, 3.8) is 0 Å². The maximum Gasteiger partial charge on any atom is 0.220 e. The van der Waals surface area contributed by atoms with Crippen LogP contribution in [-0.2, 0) is 9.53 Å². The minimum atomic E-state index is 0.192. The van der Waals surface area contributed by atoms with Gasteiger partial charge in [-0.15, -0.1) is 0 Å². The highest BCUT2D eigenvalue weighted by molar-refractivity contribution is 5.76. The van der Waals surface area contributed by atoms with Gasteiger partial charge in [-0.2, -0.15) is 0 Å². The summed E-state index contributed by atoms with van der Waals surface area (Å²) >= 11 is 0. The molecule has 11 heavy (non-hydrogen) atoms. The normalized spacial score (nSPS) is 24.8. The van der Waals surface area contributed by atoms with Crippen LogP contribution in [0.3, 0.4) is 0 Å². The number of carbonyl (C=O) groups excluding carboxylic acids is 1. The molecule has 0 spiro atoms. The van der Waals surface area contributed by atoms with Crippen LogP contribution in [0.1, 0.15) is 25.7 Å². The predicted molar refractivity (Wildman–Crippen MR) is 42.3 cm³/mol. The van der Waals surface area contributed by atoms with Crippen molar-refractivity contribution >= 4 is 5.91 Å². The molecule has 1 saturated heterocycles. The molecule has 0 radical (unpaired) electrons. The van der Waals surface area contributed by atoms with Crippen LogP contribution in [0.4, 0.5) is 0 Å². The molecule has 0 saturated carbocycles. The molecule has 1 fully saturated rings. The Kier molecular flexibility index (Phi) is 3.36. The van der Waals surface area contributed by atoms with E-state index in [2.05, 4.69) is 5.32 Å². The summed E-state index contributed by atoms with van der Waals surface area (Å²) in [7, 11) is 1.69. The molecule has 0 bridgehead atoms. The molecular formula is C8H15NO2. The molecule has 1 atom stereocenters. The number of rotatable bonds is 3. The molecule has 0 aromatic rings. The molecule has 64 valence electrons. The van der Waals surface area contributed by atoms with Crippen LogP contribution in [0, 0.1) is 0 Å². The zero-order valence-corrected chi connectivity index (χ0v) is 6.93. The molecule has 1 N–H and O–H groups in total. The Morgan fingerprint density at radius 3 is 3.18 bits per heavy atom. The molecule has 1 amide bonds. The van der Waals surface area contributed by atoms with E-state index in [4.69, 9.17) is 4.74 Å². The Hall–Kier alpha value is -0.570. The smallest absolute Gasteiger partial charge is 0.220 e. The maximum absolute atomic E-state index is 10.9. The van der Waals surface area contributed by atoms with Gasteiger partial charge in [0.05, 0.1) is 0 Å². The largest absolute Gasteiger partial charge is 0.385 e. The summed E-state index contributed by atoms with van der Waals surface area (Å²) in [5.41, 5.74) is 0. The summed E-state index contributed by atoms with van der Waals surface area (Å²) in [5.74, 6) is 0.192. The molecule has 1 heterocycles. The van der Waals surface area contributed by atoms with Crippen molar-refractivity contribution < 1.29 is 9.53 Å². The summed E-state index contributed by atoms with van der Waals surface area (Å²) in [5, 5.41) is 2.93. The minimum absolute atomic E-state index is 0.192. The predicted octanol–water partition coefficient (Wildman–Crippen LogP) is 0.692. The van der Waals surface area contributed by atoms with E-state index < -0.39 is 0 Å². The molecular weight excluding hydrogens is 142 g/mol. The van der Waals surface area contributed by atoms with Gasteiger partial charge in [-0.1, -0.05) is 0 Å². The molecule has 1 unspecified atom stereocenters. The number of methoxy groups -OCH3 is 1. The van der Waals surface area contributed by atoms with E-state index in [1.54, 1.807) is 7.11 Å². The van der Waals surface area contributed by atoms with Gasteiger partial charge in [-0.25, -0.2) is 0 Å². The Labute approximate surface area is 67.1 Å². The van der Waals surface area contributed by atoms with E-state index >= 15 is 0 Å². The molecule has 1 aliphatic heterocycles. The van der Waals surface area contributed by atoms with Crippen molar-refractivity contribution in [2.24, 2.45) is 0 Å². The van der Waals surface area contributed by atoms with Crippen LogP contribution < -0.4 is 5.32 Å². The summed E-state index contributed by atoms with van der Waals surface area (Å²) in [6.45, 7) is 0.741. The molecule has 3 nitrogen and oxygen atoms in total. The van der Waals surface area contributed by atoms with Crippen molar-refractivity contribution in [2.45, 2.75) is 31.7 Å². The zero-order chi connectivity index (χ0) is 8.10. The number of hydrogen-bond acceptors (Lipinski definition) is 2. The van der Waals surface area contributed by atoms with Crippen molar-refractivity contribution in [3.05, 3.63) is 0 Å². The minimum Gasteiger partial charge on any atom is -0.385 e. The number of nitrogens with one attached hydrogen (secondary N) is 1. The Bertz CT molecular complexity index is 136. The first-order valence-corrected chi connectivity index (χ1v) is 4.11. The first-order valence-electron chi connectivity index (χ1n) is 4.11. The van der Waals surface area contributed by atoms with E-state index in [0.29, 0.717) is 12.5 Å². The number of amides is 1. The topological polar surface area (TPSA) is 38.3 Å². The lowest BCUT2D eigenvalue weighted by Gasteiger charge is -2.22. The van der Waals surface area contributed by atoms with Gasteiger partial charge in [0.2, 0.25) is 5.91 Å². The number of piperidine rings is 1. The van der Waals surface area contributed by atoms with E-state index in [-0.39, 0.29) is 5.91 Å². The Morgan fingerprint density at radius 2 is 2.55 bits per heavy atom. The van der Waals surface area contributed by atoms with Crippen LogP contribution >= 0.6 is 0 Å². The summed E-state index contributed by atoms with van der Waals surface area (Å²) < 4.78 is 4.93. The van der Waals surface area contributed by atoms with Gasteiger partial charge in [0.25, 0.3) is 0 Å². The van der Waals surface area contributed by atoms with Crippen LogP contribution in [0.2, 0.25) is 0 Å². The van der Waals surface area contributed by atoms with Gasteiger partial charge in [-0.05, 0) is 19.3 Å². The third-order valence-electron chi connectivity index (χ3n) is 1.99. The third-order valence-corrected chi connectivity index (χ3v) is 1.99. The fourth-order valence-electron chi connectivity index (χ4n) is 1.36. The lowest BCUT2D eigenvalue weighted by Crippen LogP contribution is -2.39. The average Bonchev–Trinajstić information content (AvgIpc) is 2.01. The van der Waals surface area contributed by atoms with Crippen LogP contribution in [0.15, 0.2) is 0 Å². The molecule has 0 aromatic heterocycles. The maximum atomic E-state index is 10.9. The van der Waals surface area contributed by atoms with Gasteiger partial charge < -0.3 is 10.1 Å². The van der Waals surface area contributed by atoms with E-state index in [9.17, 15) is 4.79 Å². The molecule has 1 aliphatic rings. The second kappa shape index (κ2) is 4.34. The fourth-order valence-corrected chi connectivity index (χ4v) is 1.36. The van der Waals surface area contributed by atoms with Crippen molar-refractivity contribution in [1.29, 1.82) is 0 Å². The SMILES string of the molecule is COCCC1CCCC(=O)N1. The number of hydrogen-bond donors (Lipinski definition) is 1. The van der Waals surface area contributed by atoms with Gasteiger partial charge >= 0.3 is 0 Å². The van der Waals surface area contributed by atoms with Gasteiger partial charge in [0.1, 0.15) is 0 Å². The zero-order valence-electron chi connectivity index (χ0n) is 6.93. The van der Waals surface area contributed by atoms with Crippen molar-refractivity contribution in [1.82, 2.24) is 5.32 Å². The van der Waals surface area contributed by atoms with Crippen LogP contribution in [0.25, 0.3) is 0 Å². The van der Waals surface area contributed by atoms with Gasteiger partial charge in [-0.3, -0.25) is 4.79 Å². The number of ether oxygens (including phenoxy) is 1.